The van der Waals surface area contributed by atoms with Crippen molar-refractivity contribution in [3.8, 4) is 6.07 Å². The van der Waals surface area contributed by atoms with E-state index >= 15 is 0 Å². The van der Waals surface area contributed by atoms with Crippen LogP contribution in [0.4, 0.5) is 11.6 Å². The molecule has 1 saturated carbocycles. The minimum Gasteiger partial charge on any atom is -0.383 e. The Morgan fingerprint density at radius 1 is 1.50 bits per heavy atom. The van der Waals surface area contributed by atoms with E-state index in [9.17, 15) is 5.26 Å². The highest BCUT2D eigenvalue weighted by molar-refractivity contribution is 5.64. The molecule has 1 heterocycles. The number of nitrogens with one attached hydrogen (secondary N) is 1. The van der Waals surface area contributed by atoms with Gasteiger partial charge in [-0.15, -0.1) is 0 Å². The smallest absolute Gasteiger partial charge is 0.168 e. The minimum absolute atomic E-state index is 0.428. The van der Waals surface area contributed by atoms with Crippen molar-refractivity contribution in [3.63, 3.8) is 0 Å². The van der Waals surface area contributed by atoms with Crippen molar-refractivity contribution in [2.45, 2.75) is 32.4 Å². The van der Waals surface area contributed by atoms with Gasteiger partial charge >= 0.3 is 0 Å². The molecule has 0 aliphatic heterocycles. The Labute approximate surface area is 118 Å². The predicted molar refractivity (Wildman–Crippen MR) is 78.3 cm³/mol. The van der Waals surface area contributed by atoms with Crippen molar-refractivity contribution in [3.05, 3.63) is 41.0 Å². The first-order valence-corrected chi connectivity index (χ1v) is 6.76. The van der Waals surface area contributed by atoms with Crippen LogP contribution in [-0.4, -0.2) is 15.8 Å². The van der Waals surface area contributed by atoms with Gasteiger partial charge in [0.05, 0.1) is 6.54 Å². The van der Waals surface area contributed by atoms with E-state index in [1.165, 1.54) is 5.56 Å². The lowest BCUT2D eigenvalue weighted by molar-refractivity contribution is 0.698. The van der Waals surface area contributed by atoms with E-state index < -0.39 is 0 Å². The number of nitriles is 1. The van der Waals surface area contributed by atoms with E-state index in [0.717, 1.165) is 18.4 Å². The second-order valence-corrected chi connectivity index (χ2v) is 5.29. The van der Waals surface area contributed by atoms with Crippen LogP contribution in [-0.2, 0) is 6.54 Å². The highest BCUT2D eigenvalue weighted by atomic mass is 15.3. The molecule has 0 saturated heterocycles. The number of rotatable bonds is 4. The number of nitrogen functional groups attached to an aromatic ring is 1. The molecule has 5 heteroatoms. The summed E-state index contributed by atoms with van der Waals surface area (Å²) in [4.78, 5) is 0. The molecule has 1 aliphatic carbocycles. The fourth-order valence-corrected chi connectivity index (χ4v) is 2.21. The lowest BCUT2D eigenvalue weighted by Gasteiger charge is -2.05. The summed E-state index contributed by atoms with van der Waals surface area (Å²) in [5, 5.41) is 16.9. The quantitative estimate of drug-likeness (QED) is 0.890. The third-order valence-corrected chi connectivity index (χ3v) is 3.44. The van der Waals surface area contributed by atoms with E-state index in [-0.39, 0.29) is 0 Å². The molecule has 1 aromatic carbocycles. The molecular weight excluding hydrogens is 250 g/mol. The molecule has 5 nitrogen and oxygen atoms in total. The van der Waals surface area contributed by atoms with Crippen molar-refractivity contribution in [1.82, 2.24) is 9.78 Å². The summed E-state index contributed by atoms with van der Waals surface area (Å²) in [5.74, 6) is 1.04. The molecule has 0 spiro atoms. The number of aromatic nitrogens is 2. The largest absolute Gasteiger partial charge is 0.383 e. The van der Waals surface area contributed by atoms with Gasteiger partial charge in [0.2, 0.25) is 0 Å². The molecule has 20 heavy (non-hydrogen) atoms. The van der Waals surface area contributed by atoms with Crippen molar-refractivity contribution in [2.75, 3.05) is 11.1 Å². The van der Waals surface area contributed by atoms with Crippen molar-refractivity contribution < 1.29 is 0 Å². The predicted octanol–water partition coefficient (Wildman–Crippen LogP) is 2.27. The molecule has 0 radical (unpaired) electrons. The van der Waals surface area contributed by atoms with E-state index in [4.69, 9.17) is 5.73 Å². The van der Waals surface area contributed by atoms with Crippen LogP contribution < -0.4 is 11.1 Å². The van der Waals surface area contributed by atoms with Crippen LogP contribution in [0.25, 0.3) is 0 Å². The summed E-state index contributed by atoms with van der Waals surface area (Å²) in [6.07, 6.45) is 2.27. The van der Waals surface area contributed by atoms with Crippen molar-refractivity contribution in [1.29, 1.82) is 5.26 Å². The fourth-order valence-electron chi connectivity index (χ4n) is 2.21. The standard InChI is InChI=1S/C15H17N5/c1-10-3-2-4-11(7-10)9-20-14(17)13(8-16)15(19-20)18-12-5-6-12/h2-4,7,12H,5-6,9,17H2,1H3,(H,18,19). The van der Waals surface area contributed by atoms with E-state index in [1.54, 1.807) is 4.68 Å². The summed E-state index contributed by atoms with van der Waals surface area (Å²) in [5.41, 5.74) is 8.81. The van der Waals surface area contributed by atoms with Crippen LogP contribution in [0.1, 0.15) is 29.5 Å². The Bertz CT molecular complexity index is 676. The van der Waals surface area contributed by atoms with Crippen molar-refractivity contribution in [2.24, 2.45) is 0 Å². The topological polar surface area (TPSA) is 79.7 Å². The molecular formula is C15H17N5. The molecule has 3 N–H and O–H groups in total. The maximum Gasteiger partial charge on any atom is 0.168 e. The first-order valence-electron chi connectivity index (χ1n) is 6.76. The van der Waals surface area contributed by atoms with Crippen LogP contribution in [0.3, 0.4) is 0 Å². The van der Waals surface area contributed by atoms with Gasteiger partial charge in [0, 0.05) is 6.04 Å². The Morgan fingerprint density at radius 2 is 2.30 bits per heavy atom. The summed E-state index contributed by atoms with van der Waals surface area (Å²) in [7, 11) is 0. The normalized spacial score (nSPS) is 14.0. The molecule has 0 bridgehead atoms. The van der Waals surface area contributed by atoms with Gasteiger partial charge in [-0.1, -0.05) is 29.8 Å². The van der Waals surface area contributed by atoms with Crippen LogP contribution in [0, 0.1) is 18.3 Å². The Morgan fingerprint density at radius 3 is 2.95 bits per heavy atom. The van der Waals surface area contributed by atoms with E-state index in [1.807, 2.05) is 12.1 Å². The monoisotopic (exact) mass is 267 g/mol. The van der Waals surface area contributed by atoms with Gasteiger partial charge in [-0.25, -0.2) is 4.68 Å². The molecule has 0 unspecified atom stereocenters. The van der Waals surface area contributed by atoms with Crippen LogP contribution in [0.5, 0.6) is 0 Å². The van der Waals surface area contributed by atoms with Crippen LogP contribution >= 0.6 is 0 Å². The molecule has 1 fully saturated rings. The van der Waals surface area contributed by atoms with Gasteiger partial charge in [-0.05, 0) is 25.3 Å². The third kappa shape index (κ3) is 2.45. The van der Waals surface area contributed by atoms with Gasteiger partial charge in [0.25, 0.3) is 0 Å². The minimum atomic E-state index is 0.428. The van der Waals surface area contributed by atoms with Gasteiger partial charge < -0.3 is 11.1 Å². The fraction of sp³-hybridized carbons (Fsp3) is 0.333. The zero-order chi connectivity index (χ0) is 14.1. The number of aryl methyl sites for hydroxylation is 1. The summed E-state index contributed by atoms with van der Waals surface area (Å²) in [6.45, 7) is 2.63. The molecule has 1 aliphatic rings. The van der Waals surface area contributed by atoms with Crippen molar-refractivity contribution >= 4 is 11.6 Å². The lowest BCUT2D eigenvalue weighted by atomic mass is 10.1. The van der Waals surface area contributed by atoms with Gasteiger partial charge in [0.15, 0.2) is 5.82 Å². The SMILES string of the molecule is Cc1cccc(Cn2nc(NC3CC3)c(C#N)c2N)c1. The Hall–Kier alpha value is -2.48. The first kappa shape index (κ1) is 12.5. The van der Waals surface area contributed by atoms with E-state index in [2.05, 4.69) is 35.5 Å². The average Bonchev–Trinajstić information content (AvgIpc) is 3.17. The van der Waals surface area contributed by atoms with Gasteiger partial charge in [0.1, 0.15) is 17.5 Å². The highest BCUT2D eigenvalue weighted by Gasteiger charge is 2.25. The molecule has 2 aromatic rings. The number of nitrogens with zero attached hydrogens (tertiary/aromatic N) is 3. The average molecular weight is 267 g/mol. The van der Waals surface area contributed by atoms with Crippen LogP contribution in [0.15, 0.2) is 24.3 Å². The maximum atomic E-state index is 9.23. The van der Waals surface area contributed by atoms with E-state index in [0.29, 0.717) is 29.8 Å². The van der Waals surface area contributed by atoms with Gasteiger partial charge in [-0.3, -0.25) is 0 Å². The molecule has 3 rings (SSSR count). The zero-order valence-corrected chi connectivity index (χ0v) is 11.4. The third-order valence-electron chi connectivity index (χ3n) is 3.44. The first-order chi connectivity index (χ1) is 9.67. The maximum absolute atomic E-state index is 9.23. The summed E-state index contributed by atoms with van der Waals surface area (Å²) < 4.78 is 1.69. The number of hydrogen-bond donors (Lipinski definition) is 2. The number of hydrogen-bond acceptors (Lipinski definition) is 4. The zero-order valence-electron chi connectivity index (χ0n) is 11.4. The highest BCUT2D eigenvalue weighted by Crippen LogP contribution is 2.28. The molecule has 0 atom stereocenters. The van der Waals surface area contributed by atoms with Gasteiger partial charge in [-0.2, -0.15) is 10.4 Å². The van der Waals surface area contributed by atoms with Crippen LogP contribution in [0.2, 0.25) is 0 Å². The number of nitrogens with two attached hydrogens (primary N) is 1. The molecule has 102 valence electrons. The molecule has 1 aromatic heterocycles. The lowest BCUT2D eigenvalue weighted by Crippen LogP contribution is -2.07. The second-order valence-electron chi connectivity index (χ2n) is 5.29. The Balaban J connectivity index is 1.89. The number of anilines is 2. The Kier molecular flexibility index (Phi) is 3.07. The summed E-state index contributed by atoms with van der Waals surface area (Å²) >= 11 is 0. The second kappa shape index (κ2) is 4.89. The summed E-state index contributed by atoms with van der Waals surface area (Å²) in [6, 6.07) is 10.8. The molecule has 0 amide bonds. The number of benzene rings is 1.